The Kier molecular flexibility index (Phi) is 9.72. The molecule has 0 saturated heterocycles. The number of nitrogen functional groups attached to an aromatic ring is 2. The molecule has 0 saturated carbocycles. The highest BCUT2D eigenvalue weighted by atomic mass is 32.2. The topological polar surface area (TPSA) is 148 Å². The number of hydrogen-bond donors (Lipinski definition) is 2. The fourth-order valence-corrected chi connectivity index (χ4v) is 4.71. The third kappa shape index (κ3) is 8.83. The number of anilines is 2. The van der Waals surface area contributed by atoms with Crippen LogP contribution in [0.3, 0.4) is 0 Å². The number of nitrogens with two attached hydrogens (primary N) is 2. The maximum Gasteiger partial charge on any atom is 0.180 e. The summed E-state index contributed by atoms with van der Waals surface area (Å²) >= 11 is 0. The lowest BCUT2D eigenvalue weighted by Gasteiger charge is -2.08. The van der Waals surface area contributed by atoms with Gasteiger partial charge in [-0.15, -0.1) is 0 Å². The Morgan fingerprint density at radius 2 is 0.806 bits per heavy atom. The molecule has 172 valence electrons. The zero-order valence-corrected chi connectivity index (χ0v) is 18.7. The van der Waals surface area contributed by atoms with E-state index in [1.807, 2.05) is 0 Å². The summed E-state index contributed by atoms with van der Waals surface area (Å²) in [6.07, 6.45) is 0. The van der Waals surface area contributed by atoms with Crippen molar-refractivity contribution in [2.24, 2.45) is 0 Å². The maximum absolute atomic E-state index is 12.1. The van der Waals surface area contributed by atoms with E-state index in [1.54, 1.807) is 0 Å². The second-order valence-electron chi connectivity index (χ2n) is 6.61. The summed E-state index contributed by atoms with van der Waals surface area (Å²) in [5.41, 5.74) is 12.1. The van der Waals surface area contributed by atoms with E-state index in [0.29, 0.717) is 11.4 Å². The Balaban J connectivity index is 1.50. The van der Waals surface area contributed by atoms with Crippen molar-refractivity contribution in [3.63, 3.8) is 0 Å². The van der Waals surface area contributed by atoms with E-state index in [9.17, 15) is 16.8 Å². The molecule has 0 unspecified atom stereocenters. The summed E-state index contributed by atoms with van der Waals surface area (Å²) < 4.78 is 64.4. The van der Waals surface area contributed by atoms with Crippen LogP contribution in [0.4, 0.5) is 11.4 Å². The molecule has 0 amide bonds. The van der Waals surface area contributed by atoms with E-state index in [2.05, 4.69) is 0 Å². The van der Waals surface area contributed by atoms with Crippen molar-refractivity contribution in [1.82, 2.24) is 0 Å². The fraction of sp³-hybridized carbons (Fsp3) is 0.400. The van der Waals surface area contributed by atoms with Gasteiger partial charge < -0.3 is 25.7 Å². The minimum Gasteiger partial charge on any atom is -0.399 e. The number of sulfone groups is 2. The van der Waals surface area contributed by atoms with Gasteiger partial charge in [0.15, 0.2) is 19.7 Å². The van der Waals surface area contributed by atoms with Crippen molar-refractivity contribution in [1.29, 1.82) is 0 Å². The van der Waals surface area contributed by atoms with Crippen LogP contribution in [-0.2, 0) is 33.9 Å². The fourth-order valence-electron chi connectivity index (χ4n) is 2.47. The second-order valence-corrected chi connectivity index (χ2v) is 10.8. The molecule has 4 N–H and O–H groups in total. The number of hydrogen-bond acceptors (Lipinski definition) is 9. The first-order valence-corrected chi connectivity index (χ1v) is 12.9. The average molecular weight is 473 g/mol. The normalized spacial score (nSPS) is 12.1. The Bertz CT molecular complexity index is 923. The van der Waals surface area contributed by atoms with E-state index >= 15 is 0 Å². The van der Waals surface area contributed by atoms with Gasteiger partial charge in [-0.2, -0.15) is 0 Å². The first-order valence-electron chi connectivity index (χ1n) is 9.60. The maximum atomic E-state index is 12.1. The van der Waals surface area contributed by atoms with Crippen LogP contribution in [-0.4, -0.2) is 68.0 Å². The quantitative estimate of drug-likeness (QED) is 0.305. The largest absolute Gasteiger partial charge is 0.399 e. The van der Waals surface area contributed by atoms with E-state index in [4.69, 9.17) is 25.7 Å². The SMILES string of the molecule is Nc1ccc(S(=O)(=O)CCOCCOCCOCCS(=O)(=O)c2ccc(N)cc2)cc1. The standard InChI is InChI=1S/C20H28N2O7S2/c21-17-1-5-19(6-2-17)30(23,24)15-13-28-11-9-27-10-12-29-14-16-31(25,26)20-7-3-18(22)4-8-20/h1-8H,9-16,21-22H2. The molecule has 0 fully saturated rings. The Morgan fingerprint density at radius 1 is 0.516 bits per heavy atom. The predicted molar refractivity (Wildman–Crippen MR) is 118 cm³/mol. The highest BCUT2D eigenvalue weighted by Crippen LogP contribution is 2.14. The molecule has 9 nitrogen and oxygen atoms in total. The van der Waals surface area contributed by atoms with Crippen LogP contribution in [0.1, 0.15) is 0 Å². The highest BCUT2D eigenvalue weighted by molar-refractivity contribution is 7.91. The van der Waals surface area contributed by atoms with Gasteiger partial charge in [0, 0.05) is 11.4 Å². The van der Waals surface area contributed by atoms with Gasteiger partial charge >= 0.3 is 0 Å². The van der Waals surface area contributed by atoms with Gasteiger partial charge in [-0.3, -0.25) is 0 Å². The van der Waals surface area contributed by atoms with Crippen molar-refractivity contribution in [2.45, 2.75) is 9.79 Å². The zero-order valence-electron chi connectivity index (χ0n) is 17.1. The molecule has 0 aliphatic rings. The predicted octanol–water partition coefficient (Wildman–Crippen LogP) is 1.15. The summed E-state index contributed by atoms with van der Waals surface area (Å²) in [4.78, 5) is 0.411. The minimum absolute atomic E-state index is 0.0512. The molecular formula is C20H28N2O7S2. The smallest absolute Gasteiger partial charge is 0.180 e. The number of benzene rings is 2. The first-order chi connectivity index (χ1) is 14.7. The molecule has 0 atom stereocenters. The van der Waals surface area contributed by atoms with Gasteiger partial charge in [0.1, 0.15) is 0 Å². The molecule has 2 aromatic carbocycles. The second kappa shape index (κ2) is 12.0. The third-order valence-corrected chi connectivity index (χ3v) is 7.60. The molecule has 2 rings (SSSR count). The molecule has 0 radical (unpaired) electrons. The van der Waals surface area contributed by atoms with E-state index in [1.165, 1.54) is 48.5 Å². The van der Waals surface area contributed by atoms with Crippen LogP contribution < -0.4 is 11.5 Å². The lowest BCUT2D eigenvalue weighted by molar-refractivity contribution is 0.0202. The number of ether oxygens (including phenoxy) is 3. The summed E-state index contributed by atoms with van der Waals surface area (Å²) in [7, 11) is -6.83. The van der Waals surface area contributed by atoms with E-state index < -0.39 is 19.7 Å². The molecule has 0 aliphatic heterocycles. The Morgan fingerprint density at radius 3 is 1.13 bits per heavy atom. The molecule has 0 spiro atoms. The Labute approximate surface area is 183 Å². The number of rotatable bonds is 14. The first kappa shape index (κ1) is 25.1. The van der Waals surface area contributed by atoms with Crippen LogP contribution in [0.5, 0.6) is 0 Å². The van der Waals surface area contributed by atoms with Crippen molar-refractivity contribution >= 4 is 31.0 Å². The summed E-state index contributed by atoms with van der Waals surface area (Å²) in [5.74, 6) is -0.273. The van der Waals surface area contributed by atoms with Crippen molar-refractivity contribution < 1.29 is 31.0 Å². The van der Waals surface area contributed by atoms with Crippen LogP contribution in [0.25, 0.3) is 0 Å². The highest BCUT2D eigenvalue weighted by Gasteiger charge is 2.14. The van der Waals surface area contributed by atoms with Gasteiger partial charge in [-0.05, 0) is 48.5 Å². The molecule has 31 heavy (non-hydrogen) atoms. The molecule has 0 bridgehead atoms. The average Bonchev–Trinajstić information content (AvgIpc) is 2.72. The van der Waals surface area contributed by atoms with Crippen LogP contribution in [0.15, 0.2) is 58.3 Å². The van der Waals surface area contributed by atoms with Gasteiger partial charge in [0.25, 0.3) is 0 Å². The lowest BCUT2D eigenvalue weighted by Crippen LogP contribution is -2.16. The van der Waals surface area contributed by atoms with Crippen LogP contribution in [0.2, 0.25) is 0 Å². The van der Waals surface area contributed by atoms with Gasteiger partial charge in [0.05, 0.1) is 60.9 Å². The van der Waals surface area contributed by atoms with Crippen molar-refractivity contribution in [3.8, 4) is 0 Å². The van der Waals surface area contributed by atoms with Gasteiger partial charge in [-0.1, -0.05) is 0 Å². The molecular weight excluding hydrogens is 444 g/mol. The molecule has 0 aliphatic carbocycles. The van der Waals surface area contributed by atoms with E-state index in [0.717, 1.165) is 0 Å². The monoisotopic (exact) mass is 472 g/mol. The molecule has 11 heteroatoms. The van der Waals surface area contributed by atoms with Crippen molar-refractivity contribution in [3.05, 3.63) is 48.5 Å². The van der Waals surface area contributed by atoms with E-state index in [-0.39, 0.29) is 60.9 Å². The third-order valence-electron chi connectivity index (χ3n) is 4.22. The lowest BCUT2D eigenvalue weighted by atomic mass is 10.3. The molecule has 2 aromatic rings. The summed E-state index contributed by atoms with van der Waals surface area (Å²) in [6.45, 7) is 1.13. The minimum atomic E-state index is -3.42. The van der Waals surface area contributed by atoms with Gasteiger partial charge in [0.2, 0.25) is 0 Å². The summed E-state index contributed by atoms with van der Waals surface area (Å²) in [6, 6.07) is 12.0. The Hall–Kier alpha value is -2.18. The van der Waals surface area contributed by atoms with Crippen molar-refractivity contribution in [2.75, 3.05) is 62.6 Å². The molecule has 0 heterocycles. The van der Waals surface area contributed by atoms with Crippen LogP contribution >= 0.6 is 0 Å². The van der Waals surface area contributed by atoms with Crippen LogP contribution in [0, 0.1) is 0 Å². The zero-order chi connectivity index (χ0) is 22.7. The molecule has 0 aromatic heterocycles. The van der Waals surface area contributed by atoms with Gasteiger partial charge in [-0.25, -0.2) is 16.8 Å². The summed E-state index contributed by atoms with van der Waals surface area (Å²) in [5, 5.41) is 0.